The summed E-state index contributed by atoms with van der Waals surface area (Å²) >= 11 is 0. The number of carbonyl (C=O) groups is 3. The topological polar surface area (TPSA) is 95.9 Å². The van der Waals surface area contributed by atoms with E-state index in [1.54, 1.807) is 11.8 Å². The van der Waals surface area contributed by atoms with Gasteiger partial charge in [0.05, 0.1) is 5.41 Å². The van der Waals surface area contributed by atoms with Crippen molar-refractivity contribution in [3.8, 4) is 11.1 Å². The van der Waals surface area contributed by atoms with Gasteiger partial charge in [0, 0.05) is 31.5 Å². The van der Waals surface area contributed by atoms with E-state index in [9.17, 15) is 19.5 Å². The molecule has 1 heterocycles. The van der Waals surface area contributed by atoms with Crippen molar-refractivity contribution in [2.45, 2.75) is 51.0 Å². The highest BCUT2D eigenvalue weighted by Gasteiger charge is 2.47. The predicted molar refractivity (Wildman–Crippen MR) is 131 cm³/mol. The highest BCUT2D eigenvalue weighted by atomic mass is 16.5. The van der Waals surface area contributed by atoms with Crippen LogP contribution in [0.1, 0.15) is 56.1 Å². The summed E-state index contributed by atoms with van der Waals surface area (Å²) in [4.78, 5) is 38.5. The lowest BCUT2D eigenvalue weighted by molar-refractivity contribution is -0.164. The molecule has 0 bridgehead atoms. The second-order valence-corrected chi connectivity index (χ2v) is 10.4. The quantitative estimate of drug-likeness (QED) is 0.644. The zero-order chi connectivity index (χ0) is 24.6. The van der Waals surface area contributed by atoms with Crippen LogP contribution in [0.4, 0.5) is 4.79 Å². The predicted octanol–water partition coefficient (Wildman–Crippen LogP) is 4.41. The number of likely N-dealkylation sites (tertiary alicyclic amines) is 1. The average molecular weight is 477 g/mol. The number of carbonyl (C=O) groups excluding carboxylic acids is 2. The first-order valence-electron chi connectivity index (χ1n) is 12.5. The van der Waals surface area contributed by atoms with E-state index in [0.29, 0.717) is 6.42 Å². The number of ether oxygens (including phenoxy) is 1. The van der Waals surface area contributed by atoms with Crippen LogP contribution in [0.15, 0.2) is 48.5 Å². The highest BCUT2D eigenvalue weighted by molar-refractivity contribution is 5.83. The minimum Gasteiger partial charge on any atom is -0.481 e. The molecule has 7 heteroatoms. The van der Waals surface area contributed by atoms with Crippen LogP contribution in [0.25, 0.3) is 11.1 Å². The number of rotatable bonds is 6. The summed E-state index contributed by atoms with van der Waals surface area (Å²) in [6.45, 7) is 2.43. The van der Waals surface area contributed by atoms with Crippen LogP contribution in [0.3, 0.4) is 0 Å². The summed E-state index contributed by atoms with van der Waals surface area (Å²) in [6.07, 6.45) is 3.58. The lowest BCUT2D eigenvalue weighted by Gasteiger charge is -2.45. The number of nitrogens with zero attached hydrogens (tertiary/aromatic N) is 1. The first-order chi connectivity index (χ1) is 16.9. The van der Waals surface area contributed by atoms with E-state index in [4.69, 9.17) is 4.74 Å². The van der Waals surface area contributed by atoms with E-state index in [1.165, 1.54) is 22.3 Å². The fourth-order valence-electron chi connectivity index (χ4n) is 5.89. The van der Waals surface area contributed by atoms with Gasteiger partial charge in [-0.3, -0.25) is 9.59 Å². The number of carboxylic acid groups (broad SMARTS) is 1. The standard InChI is InChI=1S/C28H32N2O5/c1-28(26(32)33)16-30(17-28)25(31)14-18-8-2-7-13-24(18)29-27(34)35-15-23-21-11-5-3-9-19(21)20-10-4-6-12-22(20)23/h3-6,9-12,18,23-24H,2,7-8,13-17H2,1H3,(H,29,34)(H,32,33)/t18-,24-/m1/s1. The molecule has 1 aliphatic heterocycles. The molecule has 2 aliphatic carbocycles. The van der Waals surface area contributed by atoms with E-state index in [1.807, 2.05) is 24.3 Å². The summed E-state index contributed by atoms with van der Waals surface area (Å²) in [6, 6.07) is 16.4. The monoisotopic (exact) mass is 476 g/mol. The Hall–Kier alpha value is -3.35. The first-order valence-corrected chi connectivity index (χ1v) is 12.5. The Kier molecular flexibility index (Phi) is 6.26. The molecular weight excluding hydrogens is 444 g/mol. The summed E-state index contributed by atoms with van der Waals surface area (Å²) in [5.41, 5.74) is 3.87. The fraction of sp³-hybridized carbons (Fsp3) is 0.464. The van der Waals surface area contributed by atoms with Crippen molar-refractivity contribution in [1.82, 2.24) is 10.2 Å². The molecule has 2 atom stereocenters. The van der Waals surface area contributed by atoms with Crippen molar-refractivity contribution < 1.29 is 24.2 Å². The Bertz CT molecular complexity index is 1090. The van der Waals surface area contributed by atoms with Gasteiger partial charge in [0.2, 0.25) is 5.91 Å². The number of hydrogen-bond acceptors (Lipinski definition) is 4. The number of benzene rings is 2. The minimum absolute atomic E-state index is 0.00634. The Morgan fingerprint density at radius 3 is 2.23 bits per heavy atom. The number of aliphatic carboxylic acids is 1. The molecule has 184 valence electrons. The second-order valence-electron chi connectivity index (χ2n) is 10.4. The number of carboxylic acids is 1. The Morgan fingerprint density at radius 2 is 1.60 bits per heavy atom. The number of hydrogen-bond donors (Lipinski definition) is 2. The van der Waals surface area contributed by atoms with Gasteiger partial charge in [0.15, 0.2) is 0 Å². The summed E-state index contributed by atoms with van der Waals surface area (Å²) in [5.74, 6) is -0.857. The lowest BCUT2D eigenvalue weighted by atomic mass is 9.79. The highest BCUT2D eigenvalue weighted by Crippen LogP contribution is 2.44. The molecule has 0 aromatic heterocycles. The van der Waals surface area contributed by atoms with Crippen LogP contribution in [0.5, 0.6) is 0 Å². The first kappa shape index (κ1) is 23.4. The smallest absolute Gasteiger partial charge is 0.407 e. The molecule has 2 fully saturated rings. The van der Waals surface area contributed by atoms with Crippen molar-refractivity contribution in [3.05, 3.63) is 59.7 Å². The molecular formula is C28H32N2O5. The minimum atomic E-state index is -0.867. The van der Waals surface area contributed by atoms with Gasteiger partial charge < -0.3 is 20.1 Å². The van der Waals surface area contributed by atoms with Crippen molar-refractivity contribution >= 4 is 18.0 Å². The molecule has 2 aromatic carbocycles. The van der Waals surface area contributed by atoms with Gasteiger partial charge in [-0.2, -0.15) is 0 Å². The molecule has 5 rings (SSSR count). The number of alkyl carbamates (subject to hydrolysis) is 1. The maximum atomic E-state index is 12.8. The summed E-state index contributed by atoms with van der Waals surface area (Å²) < 4.78 is 5.72. The van der Waals surface area contributed by atoms with Crippen LogP contribution >= 0.6 is 0 Å². The summed E-state index contributed by atoms with van der Waals surface area (Å²) in [5, 5.41) is 12.3. The van der Waals surface area contributed by atoms with Crippen molar-refractivity contribution in [2.75, 3.05) is 19.7 Å². The van der Waals surface area contributed by atoms with Crippen LogP contribution in [0, 0.1) is 11.3 Å². The molecule has 2 N–H and O–H groups in total. The second kappa shape index (κ2) is 9.36. The molecule has 1 saturated carbocycles. The molecule has 0 unspecified atom stereocenters. The van der Waals surface area contributed by atoms with E-state index >= 15 is 0 Å². The molecule has 2 aromatic rings. The average Bonchev–Trinajstić information content (AvgIpc) is 3.15. The van der Waals surface area contributed by atoms with Crippen LogP contribution in [-0.2, 0) is 14.3 Å². The number of nitrogens with one attached hydrogen (secondary N) is 1. The third-order valence-corrected chi connectivity index (χ3v) is 7.94. The molecule has 1 saturated heterocycles. The zero-order valence-corrected chi connectivity index (χ0v) is 20.0. The maximum absolute atomic E-state index is 12.8. The van der Waals surface area contributed by atoms with Crippen LogP contribution in [-0.4, -0.2) is 53.7 Å². The third kappa shape index (κ3) is 4.51. The molecule has 7 nitrogen and oxygen atoms in total. The molecule has 0 spiro atoms. The number of fused-ring (bicyclic) bond motifs is 3. The van der Waals surface area contributed by atoms with E-state index in [0.717, 1.165) is 25.7 Å². The van der Waals surface area contributed by atoms with Crippen molar-refractivity contribution in [3.63, 3.8) is 0 Å². The molecule has 2 amide bonds. The zero-order valence-electron chi connectivity index (χ0n) is 20.0. The molecule has 3 aliphatic rings. The van der Waals surface area contributed by atoms with E-state index in [2.05, 4.69) is 29.6 Å². The fourth-order valence-corrected chi connectivity index (χ4v) is 5.89. The van der Waals surface area contributed by atoms with E-state index < -0.39 is 17.5 Å². The number of amides is 2. The van der Waals surface area contributed by atoms with Crippen molar-refractivity contribution in [2.24, 2.45) is 11.3 Å². The van der Waals surface area contributed by atoms with Gasteiger partial charge in [0.1, 0.15) is 6.61 Å². The molecule has 0 radical (unpaired) electrons. The molecule has 35 heavy (non-hydrogen) atoms. The van der Waals surface area contributed by atoms with Gasteiger partial charge in [-0.25, -0.2) is 4.79 Å². The van der Waals surface area contributed by atoms with Gasteiger partial charge >= 0.3 is 12.1 Å². The van der Waals surface area contributed by atoms with Gasteiger partial charge in [-0.15, -0.1) is 0 Å². The van der Waals surface area contributed by atoms with Gasteiger partial charge in [0.25, 0.3) is 0 Å². The van der Waals surface area contributed by atoms with Crippen LogP contribution < -0.4 is 5.32 Å². The Labute approximate surface area is 205 Å². The van der Waals surface area contributed by atoms with E-state index in [-0.39, 0.29) is 43.5 Å². The van der Waals surface area contributed by atoms with Crippen molar-refractivity contribution in [1.29, 1.82) is 0 Å². The Morgan fingerprint density at radius 1 is 1.00 bits per heavy atom. The van der Waals surface area contributed by atoms with Gasteiger partial charge in [-0.1, -0.05) is 61.4 Å². The summed E-state index contributed by atoms with van der Waals surface area (Å²) in [7, 11) is 0. The SMILES string of the molecule is CC1(C(=O)O)CN(C(=O)C[C@H]2CCCC[C@H]2NC(=O)OCC2c3ccccc3-c3ccccc32)C1. The maximum Gasteiger partial charge on any atom is 0.407 e. The Balaban J connectivity index is 1.17. The largest absolute Gasteiger partial charge is 0.481 e. The normalized spacial score (nSPS) is 22.5. The third-order valence-electron chi connectivity index (χ3n) is 7.94. The lowest BCUT2D eigenvalue weighted by Crippen LogP contribution is -2.61. The van der Waals surface area contributed by atoms with Crippen LogP contribution in [0.2, 0.25) is 0 Å². The van der Waals surface area contributed by atoms with Gasteiger partial charge in [-0.05, 0) is 47.9 Å².